The standard InChI is InChI=1S/C27H22F3NO5/c1-35-22-9-6-15(11-24(32)33)10-21(22)19-8-7-18(27(28,29)30)12-17(19)14-31-25-20-5-3-2-4-16(20)13-23(25)36-26(31)34/h2-10,12,23,25H,11,13-14H2,1H3,(H,32,33)/t23-,25?/m0/s1. The van der Waals surface area contributed by atoms with Crippen LogP contribution in [0.2, 0.25) is 0 Å². The zero-order valence-electron chi connectivity index (χ0n) is 19.2. The molecule has 0 bridgehead atoms. The average molecular weight is 497 g/mol. The minimum absolute atomic E-state index is 0.125. The molecule has 6 nitrogen and oxygen atoms in total. The van der Waals surface area contributed by atoms with Crippen molar-refractivity contribution in [3.63, 3.8) is 0 Å². The number of aliphatic carboxylic acids is 1. The third-order valence-corrected chi connectivity index (χ3v) is 6.65. The van der Waals surface area contributed by atoms with Gasteiger partial charge in [0.15, 0.2) is 0 Å². The number of rotatable bonds is 6. The number of benzene rings is 3. The minimum Gasteiger partial charge on any atom is -0.496 e. The Morgan fingerprint density at radius 3 is 2.61 bits per heavy atom. The molecule has 2 atom stereocenters. The van der Waals surface area contributed by atoms with E-state index in [0.717, 1.165) is 23.3 Å². The number of fused-ring (bicyclic) bond motifs is 3. The number of carbonyl (C=O) groups excluding carboxylic acids is 1. The maximum atomic E-state index is 13.7. The second-order valence-electron chi connectivity index (χ2n) is 8.87. The molecule has 0 radical (unpaired) electrons. The van der Waals surface area contributed by atoms with E-state index in [1.807, 2.05) is 24.3 Å². The lowest BCUT2D eigenvalue weighted by atomic mass is 9.94. The van der Waals surface area contributed by atoms with E-state index in [1.165, 1.54) is 18.1 Å². The number of carbonyl (C=O) groups is 2. The molecule has 5 rings (SSSR count). The second-order valence-corrected chi connectivity index (χ2v) is 8.87. The van der Waals surface area contributed by atoms with Gasteiger partial charge in [0.2, 0.25) is 0 Å². The first kappa shape index (κ1) is 23.7. The highest BCUT2D eigenvalue weighted by Crippen LogP contribution is 2.45. The van der Waals surface area contributed by atoms with Crippen molar-refractivity contribution in [1.29, 1.82) is 0 Å². The summed E-state index contributed by atoms with van der Waals surface area (Å²) >= 11 is 0. The first-order valence-corrected chi connectivity index (χ1v) is 11.3. The van der Waals surface area contributed by atoms with Crippen LogP contribution in [0.4, 0.5) is 18.0 Å². The van der Waals surface area contributed by atoms with E-state index >= 15 is 0 Å². The summed E-state index contributed by atoms with van der Waals surface area (Å²) in [4.78, 5) is 25.5. The highest BCUT2D eigenvalue weighted by molar-refractivity contribution is 5.78. The molecule has 1 amide bonds. The fourth-order valence-corrected chi connectivity index (χ4v) is 5.08. The minimum atomic E-state index is -4.59. The molecule has 0 aromatic heterocycles. The molecule has 9 heteroatoms. The maximum absolute atomic E-state index is 13.7. The van der Waals surface area contributed by atoms with Gasteiger partial charge < -0.3 is 14.6 Å². The Bertz CT molecular complexity index is 1350. The number of carboxylic acids is 1. The van der Waals surface area contributed by atoms with Crippen LogP contribution >= 0.6 is 0 Å². The molecule has 1 aliphatic heterocycles. The summed E-state index contributed by atoms with van der Waals surface area (Å²) in [5.74, 6) is -0.664. The van der Waals surface area contributed by atoms with Crippen LogP contribution in [0.3, 0.4) is 0 Å². The number of nitrogens with zero attached hydrogens (tertiary/aromatic N) is 1. The predicted octanol–water partition coefficient (Wildman–Crippen LogP) is 5.63. The van der Waals surface area contributed by atoms with Crippen LogP contribution < -0.4 is 4.74 Å². The van der Waals surface area contributed by atoms with Crippen molar-refractivity contribution in [2.24, 2.45) is 0 Å². The number of hydrogen-bond donors (Lipinski definition) is 1. The molecule has 1 aliphatic carbocycles. The summed E-state index contributed by atoms with van der Waals surface area (Å²) in [6.45, 7) is -0.125. The third kappa shape index (κ3) is 4.25. The first-order chi connectivity index (χ1) is 17.2. The summed E-state index contributed by atoms with van der Waals surface area (Å²) in [6.07, 6.45) is -5.29. The normalized spacial score (nSPS) is 18.6. The van der Waals surface area contributed by atoms with Crippen molar-refractivity contribution in [2.75, 3.05) is 7.11 Å². The molecule has 36 heavy (non-hydrogen) atoms. The lowest BCUT2D eigenvalue weighted by molar-refractivity contribution is -0.138. The zero-order chi connectivity index (χ0) is 25.6. The molecule has 0 saturated carbocycles. The molecule has 1 saturated heterocycles. The van der Waals surface area contributed by atoms with Crippen molar-refractivity contribution in [3.05, 3.63) is 88.5 Å². The maximum Gasteiger partial charge on any atom is 0.416 e. The summed E-state index contributed by atoms with van der Waals surface area (Å²) in [5, 5.41) is 9.21. The Balaban J connectivity index is 1.61. The smallest absolute Gasteiger partial charge is 0.416 e. The van der Waals surface area contributed by atoms with Gasteiger partial charge in [0.05, 0.1) is 31.7 Å². The van der Waals surface area contributed by atoms with E-state index in [-0.39, 0.29) is 18.5 Å². The highest BCUT2D eigenvalue weighted by atomic mass is 19.4. The Morgan fingerprint density at radius 1 is 1.11 bits per heavy atom. The van der Waals surface area contributed by atoms with Crippen molar-refractivity contribution in [1.82, 2.24) is 4.90 Å². The summed E-state index contributed by atoms with van der Waals surface area (Å²) in [5.41, 5.74) is 2.68. The molecular formula is C27H22F3NO5. The van der Waals surface area contributed by atoms with Crippen LogP contribution in [-0.4, -0.2) is 35.3 Å². The van der Waals surface area contributed by atoms with Gasteiger partial charge in [0.1, 0.15) is 11.9 Å². The number of ether oxygens (including phenoxy) is 2. The monoisotopic (exact) mass is 497 g/mol. The van der Waals surface area contributed by atoms with Gasteiger partial charge in [-0.3, -0.25) is 9.69 Å². The molecule has 3 aromatic rings. The topological polar surface area (TPSA) is 76.1 Å². The summed E-state index contributed by atoms with van der Waals surface area (Å²) < 4.78 is 52.0. The van der Waals surface area contributed by atoms with Gasteiger partial charge >= 0.3 is 18.2 Å². The van der Waals surface area contributed by atoms with E-state index < -0.39 is 35.9 Å². The number of methoxy groups -OCH3 is 1. The van der Waals surface area contributed by atoms with Gasteiger partial charge in [-0.15, -0.1) is 0 Å². The fraction of sp³-hybridized carbons (Fsp3) is 0.259. The Morgan fingerprint density at radius 2 is 1.89 bits per heavy atom. The van der Waals surface area contributed by atoms with E-state index in [2.05, 4.69) is 0 Å². The fourth-order valence-electron chi connectivity index (χ4n) is 5.08. The van der Waals surface area contributed by atoms with Gasteiger partial charge in [-0.25, -0.2) is 4.79 Å². The lowest BCUT2D eigenvalue weighted by Crippen LogP contribution is -2.28. The van der Waals surface area contributed by atoms with Crippen LogP contribution in [0, 0.1) is 0 Å². The molecule has 1 N–H and O–H groups in total. The second kappa shape index (κ2) is 8.89. The Hall–Kier alpha value is -4.01. The van der Waals surface area contributed by atoms with E-state index in [1.54, 1.807) is 18.2 Å². The van der Waals surface area contributed by atoms with E-state index in [9.17, 15) is 27.9 Å². The Kier molecular flexibility index (Phi) is 5.86. The quantitative estimate of drug-likeness (QED) is 0.478. The van der Waals surface area contributed by atoms with Crippen molar-refractivity contribution < 1.29 is 37.3 Å². The van der Waals surface area contributed by atoms with Gasteiger partial charge in [0, 0.05) is 12.0 Å². The van der Waals surface area contributed by atoms with Crippen LogP contribution in [0.25, 0.3) is 11.1 Å². The van der Waals surface area contributed by atoms with Crippen LogP contribution in [0.5, 0.6) is 5.75 Å². The van der Waals surface area contributed by atoms with Crippen LogP contribution in [0.1, 0.15) is 33.9 Å². The average Bonchev–Trinajstić information content (AvgIpc) is 3.33. The van der Waals surface area contributed by atoms with E-state index in [0.29, 0.717) is 28.9 Å². The number of hydrogen-bond acceptors (Lipinski definition) is 4. The van der Waals surface area contributed by atoms with Crippen molar-refractivity contribution in [2.45, 2.75) is 37.7 Å². The number of carboxylic acid groups (broad SMARTS) is 1. The lowest BCUT2D eigenvalue weighted by Gasteiger charge is -2.24. The number of alkyl halides is 3. The Labute approximate surface area is 204 Å². The zero-order valence-corrected chi connectivity index (χ0v) is 19.2. The number of halogens is 3. The molecule has 186 valence electrons. The highest BCUT2D eigenvalue weighted by Gasteiger charge is 2.47. The van der Waals surface area contributed by atoms with Crippen molar-refractivity contribution >= 4 is 12.1 Å². The number of amides is 1. The molecule has 0 spiro atoms. The third-order valence-electron chi connectivity index (χ3n) is 6.65. The largest absolute Gasteiger partial charge is 0.496 e. The van der Waals surface area contributed by atoms with Gasteiger partial charge in [-0.2, -0.15) is 13.2 Å². The van der Waals surface area contributed by atoms with Gasteiger partial charge in [0.25, 0.3) is 0 Å². The molecule has 1 unspecified atom stereocenters. The molecular weight excluding hydrogens is 475 g/mol. The SMILES string of the molecule is COc1ccc(CC(=O)O)cc1-c1ccc(C(F)(F)F)cc1CN1C(=O)O[C@H]2Cc3ccccc3C21. The van der Waals surface area contributed by atoms with Crippen LogP contribution in [-0.2, 0) is 35.1 Å². The predicted molar refractivity (Wildman–Crippen MR) is 123 cm³/mol. The van der Waals surface area contributed by atoms with E-state index in [4.69, 9.17) is 9.47 Å². The summed E-state index contributed by atoms with van der Waals surface area (Å²) in [6, 6.07) is 15.3. The van der Waals surface area contributed by atoms with Gasteiger partial charge in [-0.05, 0) is 52.1 Å². The summed E-state index contributed by atoms with van der Waals surface area (Å²) in [7, 11) is 1.43. The molecule has 1 heterocycles. The van der Waals surface area contributed by atoms with Crippen LogP contribution in [0.15, 0.2) is 60.7 Å². The van der Waals surface area contributed by atoms with Gasteiger partial charge in [-0.1, -0.05) is 36.4 Å². The first-order valence-electron chi connectivity index (χ1n) is 11.3. The molecule has 2 aliphatic rings. The molecule has 1 fully saturated rings. The van der Waals surface area contributed by atoms with Crippen molar-refractivity contribution in [3.8, 4) is 16.9 Å². The molecule has 3 aromatic carbocycles.